The van der Waals surface area contributed by atoms with E-state index in [0.717, 1.165) is 11.5 Å². The minimum Gasteiger partial charge on any atom is -0.311 e. The first kappa shape index (κ1) is 11.4. The molecule has 4 N–H and O–H groups in total. The van der Waals surface area contributed by atoms with Crippen LogP contribution in [-0.4, -0.2) is 20.5 Å². The average molecular weight is 250 g/mol. The number of hydrazine groups is 1. The molecule has 2 aromatic rings. The van der Waals surface area contributed by atoms with Crippen molar-refractivity contribution < 1.29 is 4.79 Å². The molecule has 0 spiro atoms. The molecule has 0 saturated heterocycles. The summed E-state index contributed by atoms with van der Waals surface area (Å²) in [4.78, 5) is 16.0. The SMILES string of the molecule is Cc1cc(C(=O)Nc2cnns2)cc(NN)n1. The summed E-state index contributed by atoms with van der Waals surface area (Å²) < 4.78 is 3.65. The third-order valence-corrected chi connectivity index (χ3v) is 2.54. The van der Waals surface area contributed by atoms with Crippen molar-refractivity contribution in [3.05, 3.63) is 29.6 Å². The number of carbonyl (C=O) groups is 1. The highest BCUT2D eigenvalue weighted by molar-refractivity contribution is 7.10. The van der Waals surface area contributed by atoms with Gasteiger partial charge in [-0.25, -0.2) is 10.8 Å². The molecule has 0 aliphatic heterocycles. The van der Waals surface area contributed by atoms with Gasteiger partial charge in [-0.1, -0.05) is 4.49 Å². The average Bonchev–Trinajstić information content (AvgIpc) is 2.81. The molecule has 17 heavy (non-hydrogen) atoms. The smallest absolute Gasteiger partial charge is 0.256 e. The molecule has 0 atom stereocenters. The second-order valence-corrected chi connectivity index (χ2v) is 4.05. The molecule has 0 unspecified atom stereocenters. The number of hydrogen-bond acceptors (Lipinski definition) is 7. The molecule has 0 bridgehead atoms. The Hall–Kier alpha value is -2.06. The number of aromatic nitrogens is 3. The molecule has 1 amide bonds. The fraction of sp³-hybridized carbons (Fsp3) is 0.111. The van der Waals surface area contributed by atoms with Crippen molar-refractivity contribution in [3.63, 3.8) is 0 Å². The number of anilines is 2. The fourth-order valence-electron chi connectivity index (χ4n) is 1.28. The van der Waals surface area contributed by atoms with E-state index >= 15 is 0 Å². The van der Waals surface area contributed by atoms with Crippen molar-refractivity contribution in [2.75, 3.05) is 10.7 Å². The molecule has 2 heterocycles. The number of nitrogen functional groups attached to an aromatic ring is 1. The van der Waals surface area contributed by atoms with Crippen molar-refractivity contribution in [1.29, 1.82) is 0 Å². The maximum absolute atomic E-state index is 11.9. The molecule has 0 aromatic carbocycles. The minimum absolute atomic E-state index is 0.252. The highest BCUT2D eigenvalue weighted by Gasteiger charge is 2.09. The first-order chi connectivity index (χ1) is 8.19. The Balaban J connectivity index is 2.21. The van der Waals surface area contributed by atoms with Crippen LogP contribution in [0, 0.1) is 6.92 Å². The molecule has 2 rings (SSSR count). The molecule has 2 aromatic heterocycles. The number of nitrogens with zero attached hydrogens (tertiary/aromatic N) is 3. The van der Waals surface area contributed by atoms with Gasteiger partial charge in [0.05, 0.1) is 6.20 Å². The van der Waals surface area contributed by atoms with Crippen LogP contribution in [0.5, 0.6) is 0 Å². The number of aryl methyl sites for hydroxylation is 1. The van der Waals surface area contributed by atoms with E-state index in [1.807, 2.05) is 0 Å². The number of nitrogens with one attached hydrogen (secondary N) is 2. The van der Waals surface area contributed by atoms with E-state index in [-0.39, 0.29) is 5.91 Å². The summed E-state index contributed by atoms with van der Waals surface area (Å²) in [7, 11) is 0. The fourth-order valence-corrected chi connectivity index (χ4v) is 1.69. The third-order valence-electron chi connectivity index (χ3n) is 1.96. The lowest BCUT2D eigenvalue weighted by atomic mass is 10.2. The Kier molecular flexibility index (Phi) is 3.26. The van der Waals surface area contributed by atoms with E-state index in [1.165, 1.54) is 6.20 Å². The Bertz CT molecular complexity index is 526. The Morgan fingerprint density at radius 2 is 2.29 bits per heavy atom. The molecular formula is C9H10N6OS. The summed E-state index contributed by atoms with van der Waals surface area (Å²) >= 11 is 1.11. The molecule has 0 aliphatic carbocycles. The number of pyridine rings is 1. The van der Waals surface area contributed by atoms with Gasteiger partial charge in [0.2, 0.25) is 0 Å². The summed E-state index contributed by atoms with van der Waals surface area (Å²) in [6, 6.07) is 3.24. The number of amides is 1. The van der Waals surface area contributed by atoms with Gasteiger partial charge in [-0.15, -0.1) is 5.10 Å². The molecular weight excluding hydrogens is 240 g/mol. The topological polar surface area (TPSA) is 106 Å². The van der Waals surface area contributed by atoms with E-state index < -0.39 is 0 Å². The van der Waals surface area contributed by atoms with Crippen LogP contribution in [0.4, 0.5) is 10.8 Å². The molecule has 7 nitrogen and oxygen atoms in total. The summed E-state index contributed by atoms with van der Waals surface area (Å²) in [5.74, 6) is 5.45. The van der Waals surface area contributed by atoms with E-state index in [0.29, 0.717) is 22.1 Å². The zero-order valence-electron chi connectivity index (χ0n) is 8.97. The van der Waals surface area contributed by atoms with Crippen molar-refractivity contribution in [1.82, 2.24) is 14.6 Å². The van der Waals surface area contributed by atoms with Crippen LogP contribution < -0.4 is 16.6 Å². The molecule has 8 heteroatoms. The number of carbonyl (C=O) groups excluding carboxylic acids is 1. The summed E-state index contributed by atoms with van der Waals surface area (Å²) in [6.07, 6.45) is 1.48. The van der Waals surface area contributed by atoms with Crippen LogP contribution >= 0.6 is 11.5 Å². The van der Waals surface area contributed by atoms with E-state index in [4.69, 9.17) is 5.84 Å². The number of nitrogens with two attached hydrogens (primary N) is 1. The lowest BCUT2D eigenvalue weighted by Gasteiger charge is -2.05. The molecule has 88 valence electrons. The zero-order chi connectivity index (χ0) is 12.3. The summed E-state index contributed by atoms with van der Waals surface area (Å²) in [6.45, 7) is 1.78. The predicted molar refractivity (Wildman–Crippen MR) is 64.6 cm³/mol. The molecule has 0 aliphatic rings. The van der Waals surface area contributed by atoms with Gasteiger partial charge in [-0.2, -0.15) is 0 Å². The lowest BCUT2D eigenvalue weighted by molar-refractivity contribution is 0.102. The Labute approximate surface area is 101 Å². The molecule has 0 saturated carbocycles. The van der Waals surface area contributed by atoms with E-state index in [1.54, 1.807) is 19.1 Å². The predicted octanol–water partition coefficient (Wildman–Crippen LogP) is 0.779. The first-order valence-electron chi connectivity index (χ1n) is 4.73. The summed E-state index contributed by atoms with van der Waals surface area (Å²) in [5, 5.41) is 6.89. The quantitative estimate of drug-likeness (QED) is 0.549. The van der Waals surface area contributed by atoms with Crippen LogP contribution in [0.1, 0.15) is 16.1 Å². The largest absolute Gasteiger partial charge is 0.311 e. The van der Waals surface area contributed by atoms with Crippen LogP contribution in [0.2, 0.25) is 0 Å². The minimum atomic E-state index is -0.252. The first-order valence-corrected chi connectivity index (χ1v) is 5.50. The van der Waals surface area contributed by atoms with Crippen molar-refractivity contribution in [3.8, 4) is 0 Å². The van der Waals surface area contributed by atoms with Crippen LogP contribution in [-0.2, 0) is 0 Å². The van der Waals surface area contributed by atoms with Crippen LogP contribution in [0.15, 0.2) is 18.3 Å². The van der Waals surface area contributed by atoms with Crippen molar-refractivity contribution in [2.45, 2.75) is 6.92 Å². The zero-order valence-corrected chi connectivity index (χ0v) is 9.78. The van der Waals surface area contributed by atoms with Gasteiger partial charge in [0.1, 0.15) is 10.8 Å². The highest BCUT2D eigenvalue weighted by Crippen LogP contribution is 2.14. The third kappa shape index (κ3) is 2.74. The standard InChI is InChI=1S/C9H10N6OS/c1-5-2-6(3-7(12-5)14-10)9(16)13-8-4-11-15-17-8/h2-4H,10H2,1H3,(H,12,14)(H,13,16). The van der Waals surface area contributed by atoms with E-state index in [2.05, 4.69) is 25.3 Å². The molecule has 0 fully saturated rings. The monoisotopic (exact) mass is 250 g/mol. The van der Waals surface area contributed by atoms with Gasteiger partial charge in [0, 0.05) is 22.8 Å². The van der Waals surface area contributed by atoms with E-state index in [9.17, 15) is 4.79 Å². The van der Waals surface area contributed by atoms with Gasteiger partial charge in [-0.3, -0.25) is 4.79 Å². The van der Waals surface area contributed by atoms with Crippen molar-refractivity contribution >= 4 is 28.3 Å². The van der Waals surface area contributed by atoms with Gasteiger partial charge in [0.15, 0.2) is 0 Å². The second kappa shape index (κ2) is 4.85. The van der Waals surface area contributed by atoms with Gasteiger partial charge in [-0.05, 0) is 19.1 Å². The number of rotatable bonds is 3. The second-order valence-electron chi connectivity index (χ2n) is 3.26. The van der Waals surface area contributed by atoms with Gasteiger partial charge >= 0.3 is 0 Å². The van der Waals surface area contributed by atoms with Crippen LogP contribution in [0.25, 0.3) is 0 Å². The van der Waals surface area contributed by atoms with Gasteiger partial charge in [0.25, 0.3) is 5.91 Å². The maximum Gasteiger partial charge on any atom is 0.256 e. The Morgan fingerprint density at radius 3 is 2.94 bits per heavy atom. The lowest BCUT2D eigenvalue weighted by Crippen LogP contribution is -2.14. The maximum atomic E-state index is 11.9. The highest BCUT2D eigenvalue weighted by atomic mass is 32.1. The Morgan fingerprint density at radius 1 is 1.47 bits per heavy atom. The van der Waals surface area contributed by atoms with Crippen molar-refractivity contribution in [2.24, 2.45) is 5.84 Å². The summed E-state index contributed by atoms with van der Waals surface area (Å²) in [5.41, 5.74) is 3.58. The normalized spacial score (nSPS) is 10.0. The number of hydrogen-bond donors (Lipinski definition) is 3. The molecule has 0 radical (unpaired) electrons. The van der Waals surface area contributed by atoms with Crippen LogP contribution in [0.3, 0.4) is 0 Å². The van der Waals surface area contributed by atoms with Gasteiger partial charge < -0.3 is 10.7 Å².